The Hall–Kier alpha value is -1.59. The second-order valence-electron chi connectivity index (χ2n) is 4.89. The largest absolute Gasteiger partial charge is 0.439 e. The van der Waals surface area contributed by atoms with Crippen molar-refractivity contribution in [1.29, 1.82) is 0 Å². The van der Waals surface area contributed by atoms with E-state index in [4.69, 9.17) is 4.74 Å². The number of nitrogens with zero attached hydrogens (tertiary/aromatic N) is 2. The molecule has 5 heteroatoms. The third-order valence-electron chi connectivity index (χ3n) is 3.01. The third kappa shape index (κ3) is 4.44. The highest BCUT2D eigenvalue weighted by Gasteiger charge is 2.08. The number of hydrogen-bond acceptors (Lipinski definition) is 4. The second-order valence-corrected chi connectivity index (χ2v) is 5.81. The lowest BCUT2D eigenvalue weighted by molar-refractivity contribution is 0.453. The topological polar surface area (TPSA) is 37.4 Å². The highest BCUT2D eigenvalue weighted by atomic mass is 79.9. The van der Waals surface area contributed by atoms with Gasteiger partial charge in [0.15, 0.2) is 0 Å². The van der Waals surface area contributed by atoms with Gasteiger partial charge in [-0.25, -0.2) is 4.98 Å². The zero-order chi connectivity index (χ0) is 15.2. The number of nitrogens with one attached hydrogen (secondary N) is 1. The van der Waals surface area contributed by atoms with Gasteiger partial charge in [-0.1, -0.05) is 13.0 Å². The lowest BCUT2D eigenvalue weighted by Crippen LogP contribution is -2.13. The molecule has 0 spiro atoms. The summed E-state index contributed by atoms with van der Waals surface area (Å²) in [6.45, 7) is 3.71. The van der Waals surface area contributed by atoms with Crippen LogP contribution in [0.5, 0.6) is 11.6 Å². The Morgan fingerprint density at radius 3 is 2.81 bits per heavy atom. The summed E-state index contributed by atoms with van der Waals surface area (Å²) in [6, 6.07) is 9.99. The lowest BCUT2D eigenvalue weighted by atomic mass is 10.2. The molecule has 1 aromatic carbocycles. The summed E-state index contributed by atoms with van der Waals surface area (Å²) in [6.07, 6.45) is 1.75. The van der Waals surface area contributed by atoms with Crippen LogP contribution in [-0.2, 0) is 6.54 Å². The van der Waals surface area contributed by atoms with Crippen molar-refractivity contribution in [1.82, 2.24) is 10.3 Å². The maximum Gasteiger partial charge on any atom is 0.223 e. The molecule has 0 unspecified atom stereocenters. The first-order valence-corrected chi connectivity index (χ1v) is 7.70. The normalized spacial score (nSPS) is 10.5. The summed E-state index contributed by atoms with van der Waals surface area (Å²) >= 11 is 3.45. The van der Waals surface area contributed by atoms with Crippen molar-refractivity contribution >= 4 is 21.6 Å². The number of hydrogen-bond donors (Lipinski definition) is 1. The molecule has 112 valence electrons. The van der Waals surface area contributed by atoms with Crippen LogP contribution in [0.15, 0.2) is 41.0 Å². The van der Waals surface area contributed by atoms with Crippen LogP contribution >= 0.6 is 15.9 Å². The molecule has 0 radical (unpaired) electrons. The number of benzene rings is 1. The quantitative estimate of drug-likeness (QED) is 0.860. The van der Waals surface area contributed by atoms with E-state index in [-0.39, 0.29) is 0 Å². The van der Waals surface area contributed by atoms with Crippen LogP contribution < -0.4 is 15.0 Å². The van der Waals surface area contributed by atoms with Crippen LogP contribution in [0.2, 0.25) is 0 Å². The Kier molecular flexibility index (Phi) is 5.59. The van der Waals surface area contributed by atoms with Gasteiger partial charge in [-0.15, -0.1) is 0 Å². The van der Waals surface area contributed by atoms with E-state index in [1.165, 1.54) is 0 Å². The summed E-state index contributed by atoms with van der Waals surface area (Å²) in [5.41, 5.74) is 2.12. The Bertz CT molecular complexity index is 602. The van der Waals surface area contributed by atoms with Crippen molar-refractivity contribution in [3.63, 3.8) is 0 Å². The SMILES string of the molecule is CCNCc1cc(Br)cnc1Oc1cccc(N(C)C)c1. The average molecular weight is 350 g/mol. The zero-order valence-corrected chi connectivity index (χ0v) is 14.1. The molecule has 2 rings (SSSR count). The number of halogens is 1. The number of ether oxygens (including phenoxy) is 1. The van der Waals surface area contributed by atoms with Crippen LogP contribution in [0, 0.1) is 0 Å². The molecular formula is C16H20BrN3O. The van der Waals surface area contributed by atoms with Gasteiger partial charge >= 0.3 is 0 Å². The molecule has 1 N–H and O–H groups in total. The lowest BCUT2D eigenvalue weighted by Gasteiger charge is -2.15. The number of pyridine rings is 1. The van der Waals surface area contributed by atoms with Crippen LogP contribution in [-0.4, -0.2) is 25.6 Å². The van der Waals surface area contributed by atoms with E-state index in [0.717, 1.165) is 34.6 Å². The average Bonchev–Trinajstić information content (AvgIpc) is 2.47. The highest BCUT2D eigenvalue weighted by molar-refractivity contribution is 9.10. The third-order valence-corrected chi connectivity index (χ3v) is 3.44. The van der Waals surface area contributed by atoms with Crippen LogP contribution in [0.3, 0.4) is 0 Å². The summed E-state index contributed by atoms with van der Waals surface area (Å²) in [5, 5.41) is 3.30. The minimum atomic E-state index is 0.634. The van der Waals surface area contributed by atoms with E-state index in [1.54, 1.807) is 6.20 Å². The molecule has 2 aromatic rings. The van der Waals surface area contributed by atoms with E-state index in [2.05, 4.69) is 33.2 Å². The number of anilines is 1. The van der Waals surface area contributed by atoms with Gasteiger partial charge in [0, 0.05) is 48.6 Å². The van der Waals surface area contributed by atoms with Gasteiger partial charge < -0.3 is 15.0 Å². The van der Waals surface area contributed by atoms with Crippen LogP contribution in [0.4, 0.5) is 5.69 Å². The molecule has 0 atom stereocenters. The molecule has 0 amide bonds. The van der Waals surface area contributed by atoms with Crippen LogP contribution in [0.1, 0.15) is 12.5 Å². The summed E-state index contributed by atoms with van der Waals surface area (Å²) in [4.78, 5) is 6.42. The highest BCUT2D eigenvalue weighted by Crippen LogP contribution is 2.27. The van der Waals surface area contributed by atoms with E-state index in [1.807, 2.05) is 49.3 Å². The van der Waals surface area contributed by atoms with Gasteiger partial charge in [0.25, 0.3) is 0 Å². The standard InChI is InChI=1S/C16H20BrN3O/c1-4-18-10-12-8-13(17)11-19-16(12)21-15-7-5-6-14(9-15)20(2)3/h5-9,11,18H,4,10H2,1-3H3. The predicted molar refractivity (Wildman–Crippen MR) is 90.2 cm³/mol. The van der Waals surface area contributed by atoms with Gasteiger partial charge in [-0.3, -0.25) is 0 Å². The maximum atomic E-state index is 5.95. The number of rotatable bonds is 6. The fourth-order valence-corrected chi connectivity index (χ4v) is 2.26. The molecule has 0 bridgehead atoms. The Morgan fingerprint density at radius 1 is 1.29 bits per heavy atom. The molecule has 21 heavy (non-hydrogen) atoms. The molecule has 0 aliphatic rings. The van der Waals surface area contributed by atoms with E-state index >= 15 is 0 Å². The van der Waals surface area contributed by atoms with Gasteiger partial charge in [0.05, 0.1) is 0 Å². The van der Waals surface area contributed by atoms with Crippen molar-refractivity contribution in [3.8, 4) is 11.6 Å². The molecule has 0 fully saturated rings. The van der Waals surface area contributed by atoms with Crippen molar-refractivity contribution in [3.05, 3.63) is 46.6 Å². The molecule has 0 aliphatic heterocycles. The van der Waals surface area contributed by atoms with E-state index in [9.17, 15) is 0 Å². The Morgan fingerprint density at radius 2 is 2.10 bits per heavy atom. The second kappa shape index (κ2) is 7.43. The Balaban J connectivity index is 2.24. The number of aromatic nitrogens is 1. The van der Waals surface area contributed by atoms with E-state index < -0.39 is 0 Å². The van der Waals surface area contributed by atoms with Gasteiger partial charge in [-0.2, -0.15) is 0 Å². The van der Waals surface area contributed by atoms with Gasteiger partial charge in [0.2, 0.25) is 5.88 Å². The van der Waals surface area contributed by atoms with Crippen molar-refractivity contribution in [2.75, 3.05) is 25.5 Å². The predicted octanol–water partition coefficient (Wildman–Crippen LogP) is 3.81. The minimum absolute atomic E-state index is 0.634. The maximum absolute atomic E-state index is 5.95. The molecule has 1 aromatic heterocycles. The first-order chi connectivity index (χ1) is 10.1. The smallest absolute Gasteiger partial charge is 0.223 e. The molecule has 0 saturated carbocycles. The summed E-state index contributed by atoms with van der Waals surface area (Å²) in [5.74, 6) is 1.42. The molecule has 0 aliphatic carbocycles. The van der Waals surface area contributed by atoms with Gasteiger partial charge in [-0.05, 0) is 40.7 Å². The molecule has 1 heterocycles. The zero-order valence-electron chi connectivity index (χ0n) is 12.6. The van der Waals surface area contributed by atoms with Crippen molar-refractivity contribution in [2.45, 2.75) is 13.5 Å². The minimum Gasteiger partial charge on any atom is -0.439 e. The van der Waals surface area contributed by atoms with E-state index in [0.29, 0.717) is 5.88 Å². The molecule has 4 nitrogen and oxygen atoms in total. The molecular weight excluding hydrogens is 330 g/mol. The fourth-order valence-electron chi connectivity index (χ4n) is 1.88. The summed E-state index contributed by atoms with van der Waals surface area (Å²) < 4.78 is 6.90. The van der Waals surface area contributed by atoms with Gasteiger partial charge in [0.1, 0.15) is 5.75 Å². The Labute approximate surface area is 134 Å². The fraction of sp³-hybridized carbons (Fsp3) is 0.312. The van der Waals surface area contributed by atoms with Crippen molar-refractivity contribution < 1.29 is 4.74 Å². The summed E-state index contributed by atoms with van der Waals surface area (Å²) in [7, 11) is 4.02. The first kappa shape index (κ1) is 15.8. The molecule has 0 saturated heterocycles. The first-order valence-electron chi connectivity index (χ1n) is 6.90. The van der Waals surface area contributed by atoms with Crippen LogP contribution in [0.25, 0.3) is 0 Å². The monoisotopic (exact) mass is 349 g/mol. The van der Waals surface area contributed by atoms with Crippen molar-refractivity contribution in [2.24, 2.45) is 0 Å².